The summed E-state index contributed by atoms with van der Waals surface area (Å²) in [6, 6.07) is 4.24. The standard InChI is InChI=1S/C11H14N4O2S/c12-6-8-4-5-9(7-14-8)18(16,17)15-11-3-1-2-10(11)13/h4-5,7,10-11,15H,1-3,13H2. The van der Waals surface area contributed by atoms with Crippen molar-refractivity contribution in [2.24, 2.45) is 5.73 Å². The van der Waals surface area contributed by atoms with Gasteiger partial charge in [-0.05, 0) is 25.0 Å². The number of rotatable bonds is 3. The Morgan fingerprint density at radius 1 is 1.44 bits per heavy atom. The van der Waals surface area contributed by atoms with Crippen molar-refractivity contribution in [3.63, 3.8) is 0 Å². The van der Waals surface area contributed by atoms with Gasteiger partial charge >= 0.3 is 0 Å². The fraction of sp³-hybridized carbons (Fsp3) is 0.455. The van der Waals surface area contributed by atoms with Crippen LogP contribution in [0.25, 0.3) is 0 Å². The van der Waals surface area contributed by atoms with Gasteiger partial charge in [0, 0.05) is 18.3 Å². The molecule has 1 aromatic rings. The van der Waals surface area contributed by atoms with Gasteiger partial charge in [-0.2, -0.15) is 5.26 Å². The first-order valence-corrected chi connectivity index (χ1v) is 7.15. The van der Waals surface area contributed by atoms with Crippen LogP contribution < -0.4 is 10.5 Å². The Balaban J connectivity index is 2.17. The highest BCUT2D eigenvalue weighted by Crippen LogP contribution is 2.19. The van der Waals surface area contributed by atoms with E-state index in [-0.39, 0.29) is 22.7 Å². The number of hydrogen-bond acceptors (Lipinski definition) is 5. The molecule has 0 aromatic carbocycles. The summed E-state index contributed by atoms with van der Waals surface area (Å²) in [5, 5.41) is 8.60. The van der Waals surface area contributed by atoms with Crippen LogP contribution in [0.15, 0.2) is 23.2 Å². The molecule has 0 saturated heterocycles. The molecular weight excluding hydrogens is 252 g/mol. The summed E-state index contributed by atoms with van der Waals surface area (Å²) in [7, 11) is -3.60. The molecule has 1 aliphatic carbocycles. The molecule has 96 valence electrons. The van der Waals surface area contributed by atoms with Crippen molar-refractivity contribution in [2.45, 2.75) is 36.2 Å². The lowest BCUT2D eigenvalue weighted by atomic mass is 10.2. The summed E-state index contributed by atoms with van der Waals surface area (Å²) < 4.78 is 26.7. The Morgan fingerprint density at radius 3 is 2.72 bits per heavy atom. The molecule has 1 aliphatic rings. The van der Waals surface area contributed by atoms with Crippen LogP contribution >= 0.6 is 0 Å². The Bertz CT molecular complexity index is 562. The molecule has 1 aromatic heterocycles. The molecule has 2 atom stereocenters. The van der Waals surface area contributed by atoms with Gasteiger partial charge in [0.25, 0.3) is 0 Å². The second kappa shape index (κ2) is 5.02. The first-order chi connectivity index (χ1) is 8.53. The number of hydrogen-bond donors (Lipinski definition) is 2. The van der Waals surface area contributed by atoms with Gasteiger partial charge in [0.15, 0.2) is 0 Å². The van der Waals surface area contributed by atoms with Crippen molar-refractivity contribution < 1.29 is 8.42 Å². The van der Waals surface area contributed by atoms with E-state index < -0.39 is 10.0 Å². The van der Waals surface area contributed by atoms with Gasteiger partial charge < -0.3 is 5.73 Å². The van der Waals surface area contributed by atoms with Crippen molar-refractivity contribution in [2.75, 3.05) is 0 Å². The van der Waals surface area contributed by atoms with Gasteiger partial charge in [0.2, 0.25) is 10.0 Å². The number of nitrogens with one attached hydrogen (secondary N) is 1. The zero-order valence-electron chi connectivity index (χ0n) is 9.70. The van der Waals surface area contributed by atoms with Gasteiger partial charge in [-0.15, -0.1) is 0 Å². The fourth-order valence-electron chi connectivity index (χ4n) is 2.01. The predicted octanol–water partition coefficient (Wildman–Crippen LogP) is 0.111. The zero-order chi connectivity index (χ0) is 13.2. The first-order valence-electron chi connectivity index (χ1n) is 5.67. The number of pyridine rings is 1. The SMILES string of the molecule is N#Cc1ccc(S(=O)(=O)NC2CCCC2N)cn1. The summed E-state index contributed by atoms with van der Waals surface area (Å²) in [5.41, 5.74) is 6.01. The average molecular weight is 266 g/mol. The van der Waals surface area contributed by atoms with Crippen LogP contribution in [0.2, 0.25) is 0 Å². The summed E-state index contributed by atoms with van der Waals surface area (Å²) in [5.74, 6) is 0. The molecule has 0 bridgehead atoms. The van der Waals surface area contributed by atoms with E-state index in [4.69, 9.17) is 11.0 Å². The molecule has 3 N–H and O–H groups in total. The predicted molar refractivity (Wildman–Crippen MR) is 64.9 cm³/mol. The summed E-state index contributed by atoms with van der Waals surface area (Å²) in [4.78, 5) is 3.80. The Morgan fingerprint density at radius 2 is 2.22 bits per heavy atom. The minimum Gasteiger partial charge on any atom is -0.326 e. The summed E-state index contributed by atoms with van der Waals surface area (Å²) in [6.07, 6.45) is 3.70. The lowest BCUT2D eigenvalue weighted by molar-refractivity contribution is 0.522. The maximum atomic E-state index is 12.0. The van der Waals surface area contributed by atoms with Crippen LogP contribution in [-0.2, 0) is 10.0 Å². The Hall–Kier alpha value is -1.49. The minimum absolute atomic E-state index is 0.0561. The second-order valence-corrected chi connectivity index (χ2v) is 6.03. The molecule has 0 radical (unpaired) electrons. The molecule has 1 saturated carbocycles. The molecule has 2 rings (SSSR count). The van der Waals surface area contributed by atoms with Crippen LogP contribution in [0.3, 0.4) is 0 Å². The van der Waals surface area contributed by atoms with Crippen molar-refractivity contribution in [1.82, 2.24) is 9.71 Å². The van der Waals surface area contributed by atoms with Crippen LogP contribution in [0.4, 0.5) is 0 Å². The minimum atomic E-state index is -3.60. The van der Waals surface area contributed by atoms with Gasteiger partial charge in [-0.3, -0.25) is 0 Å². The summed E-state index contributed by atoms with van der Waals surface area (Å²) >= 11 is 0. The topological polar surface area (TPSA) is 109 Å². The van der Waals surface area contributed by atoms with Crippen molar-refractivity contribution in [1.29, 1.82) is 5.26 Å². The number of nitrogens with two attached hydrogens (primary N) is 1. The van der Waals surface area contributed by atoms with E-state index in [1.54, 1.807) is 0 Å². The lowest BCUT2D eigenvalue weighted by Crippen LogP contribution is -2.43. The first kappa shape index (κ1) is 13.0. The number of nitriles is 1. The highest BCUT2D eigenvalue weighted by molar-refractivity contribution is 7.89. The molecule has 0 spiro atoms. The van der Waals surface area contributed by atoms with Crippen LogP contribution in [-0.4, -0.2) is 25.5 Å². The third-order valence-electron chi connectivity index (χ3n) is 3.04. The van der Waals surface area contributed by atoms with Gasteiger partial charge in [0.05, 0.1) is 0 Å². The van der Waals surface area contributed by atoms with E-state index in [1.807, 2.05) is 6.07 Å². The van der Waals surface area contributed by atoms with E-state index >= 15 is 0 Å². The monoisotopic (exact) mass is 266 g/mol. The second-order valence-electron chi connectivity index (χ2n) is 4.31. The highest BCUT2D eigenvalue weighted by atomic mass is 32.2. The Kier molecular flexibility index (Phi) is 3.61. The van der Waals surface area contributed by atoms with Gasteiger partial charge in [-0.1, -0.05) is 6.42 Å². The molecule has 0 amide bonds. The number of nitrogens with zero attached hydrogens (tertiary/aromatic N) is 2. The molecule has 1 fully saturated rings. The van der Waals surface area contributed by atoms with Gasteiger partial charge in [0.1, 0.15) is 16.7 Å². The van der Waals surface area contributed by atoms with E-state index in [2.05, 4.69) is 9.71 Å². The fourth-order valence-corrected chi connectivity index (χ4v) is 3.27. The normalized spacial score (nSPS) is 23.8. The third kappa shape index (κ3) is 2.67. The van der Waals surface area contributed by atoms with Crippen LogP contribution in [0.1, 0.15) is 25.0 Å². The molecule has 2 unspecified atom stereocenters. The zero-order valence-corrected chi connectivity index (χ0v) is 10.5. The smallest absolute Gasteiger partial charge is 0.242 e. The van der Waals surface area contributed by atoms with E-state index in [0.717, 1.165) is 19.3 Å². The van der Waals surface area contributed by atoms with E-state index in [1.165, 1.54) is 18.3 Å². The van der Waals surface area contributed by atoms with E-state index in [9.17, 15) is 8.42 Å². The quantitative estimate of drug-likeness (QED) is 0.807. The molecule has 1 heterocycles. The Labute approximate surface area is 106 Å². The highest BCUT2D eigenvalue weighted by Gasteiger charge is 2.28. The maximum absolute atomic E-state index is 12.0. The third-order valence-corrected chi connectivity index (χ3v) is 4.51. The molecule has 7 heteroatoms. The van der Waals surface area contributed by atoms with E-state index in [0.29, 0.717) is 0 Å². The van der Waals surface area contributed by atoms with Crippen LogP contribution in [0.5, 0.6) is 0 Å². The molecule has 0 aliphatic heterocycles. The van der Waals surface area contributed by atoms with Crippen molar-refractivity contribution in [3.05, 3.63) is 24.0 Å². The van der Waals surface area contributed by atoms with Crippen molar-refractivity contribution >= 4 is 10.0 Å². The largest absolute Gasteiger partial charge is 0.326 e. The summed E-state index contributed by atoms with van der Waals surface area (Å²) in [6.45, 7) is 0. The number of aromatic nitrogens is 1. The van der Waals surface area contributed by atoms with Gasteiger partial charge in [-0.25, -0.2) is 18.1 Å². The average Bonchev–Trinajstić information content (AvgIpc) is 2.74. The lowest BCUT2D eigenvalue weighted by Gasteiger charge is -2.17. The van der Waals surface area contributed by atoms with Crippen LogP contribution in [0, 0.1) is 11.3 Å². The molecule has 6 nitrogen and oxygen atoms in total. The molecule has 18 heavy (non-hydrogen) atoms. The maximum Gasteiger partial charge on any atom is 0.242 e. The molecular formula is C11H14N4O2S. The number of sulfonamides is 1. The van der Waals surface area contributed by atoms with Crippen molar-refractivity contribution in [3.8, 4) is 6.07 Å².